The number of hydrogen-bond donors (Lipinski definition) is 1. The SMILES string of the molecule is CC(C)Cc1ccc(S(=O)(=O)N2CCCCC2CO)cc1. The second kappa shape index (κ2) is 6.90. The number of rotatable bonds is 5. The van der Waals surface area contributed by atoms with E-state index in [2.05, 4.69) is 13.8 Å². The molecule has 0 bridgehead atoms. The Morgan fingerprint density at radius 3 is 2.48 bits per heavy atom. The van der Waals surface area contributed by atoms with E-state index < -0.39 is 10.0 Å². The van der Waals surface area contributed by atoms with Crippen LogP contribution in [-0.4, -0.2) is 37.0 Å². The fraction of sp³-hybridized carbons (Fsp3) is 0.625. The molecule has 1 atom stereocenters. The van der Waals surface area contributed by atoms with Crippen molar-refractivity contribution >= 4 is 10.0 Å². The Bertz CT molecular complexity index is 551. The third-order valence-corrected chi connectivity index (χ3v) is 5.92. The molecule has 1 aromatic rings. The summed E-state index contributed by atoms with van der Waals surface area (Å²) in [6.45, 7) is 4.68. The van der Waals surface area contributed by atoms with E-state index in [0.29, 0.717) is 17.4 Å². The fourth-order valence-corrected chi connectivity index (χ4v) is 4.56. The van der Waals surface area contributed by atoms with E-state index in [9.17, 15) is 13.5 Å². The maximum Gasteiger partial charge on any atom is 0.243 e. The summed E-state index contributed by atoms with van der Waals surface area (Å²) in [5.74, 6) is 0.549. The molecule has 1 unspecified atom stereocenters. The number of aliphatic hydroxyl groups is 1. The molecule has 21 heavy (non-hydrogen) atoms. The highest BCUT2D eigenvalue weighted by Crippen LogP contribution is 2.25. The first-order chi connectivity index (χ1) is 9.95. The van der Waals surface area contributed by atoms with Gasteiger partial charge in [-0.1, -0.05) is 32.4 Å². The number of nitrogens with zero attached hydrogens (tertiary/aromatic N) is 1. The second-order valence-corrected chi connectivity index (χ2v) is 8.08. The Labute approximate surface area is 127 Å². The zero-order valence-corrected chi connectivity index (χ0v) is 13.6. The number of hydrogen-bond acceptors (Lipinski definition) is 3. The summed E-state index contributed by atoms with van der Waals surface area (Å²) in [4.78, 5) is 0.329. The molecule has 5 heteroatoms. The van der Waals surface area contributed by atoms with Gasteiger partial charge in [0.15, 0.2) is 0 Å². The van der Waals surface area contributed by atoms with Crippen LogP contribution in [0.3, 0.4) is 0 Å². The largest absolute Gasteiger partial charge is 0.395 e. The minimum absolute atomic E-state index is 0.106. The first kappa shape index (κ1) is 16.5. The molecule has 1 aliphatic rings. The van der Waals surface area contributed by atoms with Crippen molar-refractivity contribution in [2.24, 2.45) is 5.92 Å². The van der Waals surface area contributed by atoms with Gasteiger partial charge in [-0.05, 0) is 42.9 Å². The van der Waals surface area contributed by atoms with Crippen LogP contribution in [0.1, 0.15) is 38.7 Å². The van der Waals surface area contributed by atoms with Gasteiger partial charge in [0.1, 0.15) is 0 Å². The van der Waals surface area contributed by atoms with Gasteiger partial charge in [0.05, 0.1) is 11.5 Å². The normalized spacial score (nSPS) is 20.9. The molecule has 1 N–H and O–H groups in total. The third kappa shape index (κ3) is 3.84. The maximum atomic E-state index is 12.7. The van der Waals surface area contributed by atoms with Gasteiger partial charge in [-0.25, -0.2) is 8.42 Å². The Morgan fingerprint density at radius 1 is 1.24 bits per heavy atom. The molecule has 0 aliphatic carbocycles. The van der Waals surface area contributed by atoms with Gasteiger partial charge in [0.25, 0.3) is 0 Å². The number of benzene rings is 1. The van der Waals surface area contributed by atoms with Crippen LogP contribution in [0.25, 0.3) is 0 Å². The average Bonchev–Trinajstić information content (AvgIpc) is 2.47. The van der Waals surface area contributed by atoms with Gasteiger partial charge in [0, 0.05) is 12.6 Å². The summed E-state index contributed by atoms with van der Waals surface area (Å²) in [5.41, 5.74) is 1.15. The topological polar surface area (TPSA) is 57.6 Å². The van der Waals surface area contributed by atoms with Gasteiger partial charge >= 0.3 is 0 Å². The number of piperidine rings is 1. The standard InChI is InChI=1S/C16H25NO3S/c1-13(2)11-14-6-8-16(9-7-14)21(19,20)17-10-4-3-5-15(17)12-18/h6-9,13,15,18H,3-5,10-12H2,1-2H3. The van der Waals surface area contributed by atoms with Crippen molar-refractivity contribution in [1.82, 2.24) is 4.31 Å². The van der Waals surface area contributed by atoms with E-state index in [0.717, 1.165) is 31.2 Å². The highest BCUT2D eigenvalue weighted by atomic mass is 32.2. The molecule has 2 rings (SSSR count). The van der Waals surface area contributed by atoms with Crippen molar-refractivity contribution in [3.8, 4) is 0 Å². The molecule has 118 valence electrons. The van der Waals surface area contributed by atoms with Crippen LogP contribution < -0.4 is 0 Å². The summed E-state index contributed by atoms with van der Waals surface area (Å²) in [7, 11) is -3.50. The van der Waals surface area contributed by atoms with Gasteiger partial charge in [0.2, 0.25) is 10.0 Å². The summed E-state index contributed by atoms with van der Waals surface area (Å²) < 4.78 is 26.9. The molecule has 1 saturated heterocycles. The van der Waals surface area contributed by atoms with E-state index in [1.54, 1.807) is 12.1 Å². The molecular formula is C16H25NO3S. The van der Waals surface area contributed by atoms with Gasteiger partial charge in [-0.3, -0.25) is 0 Å². The zero-order valence-electron chi connectivity index (χ0n) is 12.8. The maximum absolute atomic E-state index is 12.7. The van der Waals surface area contributed by atoms with Crippen molar-refractivity contribution in [2.75, 3.05) is 13.2 Å². The summed E-state index contributed by atoms with van der Waals surface area (Å²) in [6.07, 6.45) is 3.52. The molecule has 4 nitrogen and oxygen atoms in total. The van der Waals surface area contributed by atoms with Crippen molar-refractivity contribution in [1.29, 1.82) is 0 Å². The average molecular weight is 311 g/mol. The van der Waals surface area contributed by atoms with Crippen molar-refractivity contribution < 1.29 is 13.5 Å². The number of sulfonamides is 1. The lowest BCUT2D eigenvalue weighted by atomic mass is 10.0. The Hall–Kier alpha value is -0.910. The lowest BCUT2D eigenvalue weighted by Crippen LogP contribution is -2.45. The fourth-order valence-electron chi connectivity index (χ4n) is 2.88. The van der Waals surface area contributed by atoms with Gasteiger partial charge in [-0.2, -0.15) is 4.31 Å². The van der Waals surface area contributed by atoms with E-state index >= 15 is 0 Å². The minimum atomic E-state index is -3.50. The summed E-state index contributed by atoms with van der Waals surface area (Å²) in [6, 6.07) is 6.89. The second-order valence-electron chi connectivity index (χ2n) is 6.19. The van der Waals surface area contributed by atoms with Crippen LogP contribution in [0.2, 0.25) is 0 Å². The Balaban J connectivity index is 2.22. The van der Waals surface area contributed by atoms with Crippen LogP contribution in [0.4, 0.5) is 0 Å². The van der Waals surface area contributed by atoms with E-state index in [4.69, 9.17) is 0 Å². The molecule has 0 aromatic heterocycles. The van der Waals surface area contributed by atoms with Crippen LogP contribution in [-0.2, 0) is 16.4 Å². The lowest BCUT2D eigenvalue weighted by Gasteiger charge is -2.33. The van der Waals surface area contributed by atoms with Crippen LogP contribution in [0.15, 0.2) is 29.2 Å². The van der Waals surface area contributed by atoms with Crippen molar-refractivity contribution in [3.05, 3.63) is 29.8 Å². The number of aliphatic hydroxyl groups excluding tert-OH is 1. The third-order valence-electron chi connectivity index (χ3n) is 3.96. The van der Waals surface area contributed by atoms with E-state index in [1.165, 1.54) is 4.31 Å². The molecule has 1 aliphatic heterocycles. The van der Waals surface area contributed by atoms with Crippen LogP contribution in [0, 0.1) is 5.92 Å². The quantitative estimate of drug-likeness (QED) is 0.908. The van der Waals surface area contributed by atoms with E-state index in [1.807, 2.05) is 12.1 Å². The molecular weight excluding hydrogens is 286 g/mol. The van der Waals surface area contributed by atoms with Gasteiger partial charge < -0.3 is 5.11 Å². The molecule has 0 saturated carbocycles. The lowest BCUT2D eigenvalue weighted by molar-refractivity contribution is 0.155. The Kier molecular flexibility index (Phi) is 5.41. The molecule has 0 amide bonds. The van der Waals surface area contributed by atoms with Crippen LogP contribution >= 0.6 is 0 Å². The summed E-state index contributed by atoms with van der Waals surface area (Å²) in [5, 5.41) is 9.41. The highest BCUT2D eigenvalue weighted by Gasteiger charge is 2.32. The van der Waals surface area contributed by atoms with Crippen molar-refractivity contribution in [3.63, 3.8) is 0 Å². The van der Waals surface area contributed by atoms with Gasteiger partial charge in [-0.15, -0.1) is 0 Å². The zero-order chi connectivity index (χ0) is 15.5. The molecule has 0 radical (unpaired) electrons. The van der Waals surface area contributed by atoms with Crippen molar-refractivity contribution in [2.45, 2.75) is 50.5 Å². The predicted molar refractivity (Wildman–Crippen MR) is 83.6 cm³/mol. The molecule has 1 heterocycles. The molecule has 1 fully saturated rings. The van der Waals surface area contributed by atoms with E-state index in [-0.39, 0.29) is 12.6 Å². The van der Waals surface area contributed by atoms with Crippen LogP contribution in [0.5, 0.6) is 0 Å². The predicted octanol–water partition coefficient (Wildman–Crippen LogP) is 2.42. The first-order valence-corrected chi connectivity index (χ1v) is 9.11. The monoisotopic (exact) mass is 311 g/mol. The minimum Gasteiger partial charge on any atom is -0.395 e. The molecule has 1 aromatic carbocycles. The smallest absolute Gasteiger partial charge is 0.243 e. The summed E-state index contributed by atoms with van der Waals surface area (Å²) >= 11 is 0. The molecule has 0 spiro atoms. The first-order valence-electron chi connectivity index (χ1n) is 7.67. The highest BCUT2D eigenvalue weighted by molar-refractivity contribution is 7.89. The Morgan fingerprint density at radius 2 is 1.90 bits per heavy atom.